The van der Waals surface area contributed by atoms with Gasteiger partial charge in [0.1, 0.15) is 5.75 Å². The Balaban J connectivity index is 1.79. The maximum absolute atomic E-state index is 5.55. The van der Waals surface area contributed by atoms with Gasteiger partial charge in [0.25, 0.3) is 0 Å². The molecule has 1 fully saturated rings. The van der Waals surface area contributed by atoms with Gasteiger partial charge in [-0.2, -0.15) is 0 Å². The topological polar surface area (TPSA) is 21.3 Å². The summed E-state index contributed by atoms with van der Waals surface area (Å²) < 4.78 is 5.55. The minimum atomic E-state index is 0.776. The predicted molar refractivity (Wildman–Crippen MR) is 65.0 cm³/mol. The summed E-state index contributed by atoms with van der Waals surface area (Å²) in [7, 11) is 2.05. The maximum Gasteiger partial charge on any atom is 0.122 e. The second-order valence-electron chi connectivity index (χ2n) is 4.97. The van der Waals surface area contributed by atoms with Crippen molar-refractivity contribution >= 4 is 0 Å². The number of hydrogen-bond acceptors (Lipinski definition) is 2. The van der Waals surface area contributed by atoms with Gasteiger partial charge in [-0.3, -0.25) is 0 Å². The summed E-state index contributed by atoms with van der Waals surface area (Å²) in [5.41, 5.74) is 2.93. The molecule has 1 N–H and O–H groups in total. The number of ether oxygens (including phenoxy) is 1. The van der Waals surface area contributed by atoms with Crippen LogP contribution < -0.4 is 10.1 Å². The fourth-order valence-electron chi connectivity index (χ4n) is 2.95. The van der Waals surface area contributed by atoms with Crippen molar-refractivity contribution in [2.24, 2.45) is 5.92 Å². The Bertz CT molecular complexity index is 388. The average molecular weight is 217 g/mol. The zero-order valence-electron chi connectivity index (χ0n) is 9.83. The number of fused-ring (bicyclic) bond motifs is 1. The van der Waals surface area contributed by atoms with Crippen molar-refractivity contribution in [2.45, 2.75) is 25.2 Å². The second kappa shape index (κ2) is 4.10. The molecule has 16 heavy (non-hydrogen) atoms. The van der Waals surface area contributed by atoms with E-state index in [1.165, 1.54) is 24.0 Å². The van der Waals surface area contributed by atoms with E-state index in [0.717, 1.165) is 37.2 Å². The lowest BCUT2D eigenvalue weighted by Gasteiger charge is -2.37. The highest BCUT2D eigenvalue weighted by atomic mass is 16.5. The summed E-state index contributed by atoms with van der Waals surface area (Å²) in [6, 6.07) is 6.79. The lowest BCUT2D eigenvalue weighted by atomic mass is 9.70. The van der Waals surface area contributed by atoms with Crippen LogP contribution in [0.4, 0.5) is 0 Å². The summed E-state index contributed by atoms with van der Waals surface area (Å²) in [4.78, 5) is 0. The Morgan fingerprint density at radius 2 is 2.31 bits per heavy atom. The fourth-order valence-corrected chi connectivity index (χ4v) is 2.95. The van der Waals surface area contributed by atoms with E-state index in [9.17, 15) is 0 Å². The largest absolute Gasteiger partial charge is 0.493 e. The van der Waals surface area contributed by atoms with Crippen molar-refractivity contribution in [3.05, 3.63) is 29.3 Å². The van der Waals surface area contributed by atoms with Crippen LogP contribution in [0, 0.1) is 5.92 Å². The number of benzene rings is 1. The lowest BCUT2D eigenvalue weighted by Crippen LogP contribution is -2.32. The Kier molecular flexibility index (Phi) is 2.60. The molecule has 0 amide bonds. The van der Waals surface area contributed by atoms with Gasteiger partial charge in [-0.25, -0.2) is 0 Å². The van der Waals surface area contributed by atoms with Crippen LogP contribution in [0.15, 0.2) is 18.2 Å². The zero-order chi connectivity index (χ0) is 11.0. The smallest absolute Gasteiger partial charge is 0.122 e. The Labute approximate surface area is 97.0 Å². The van der Waals surface area contributed by atoms with Crippen LogP contribution >= 0.6 is 0 Å². The molecule has 1 heterocycles. The molecule has 0 spiro atoms. The van der Waals surface area contributed by atoms with Crippen molar-refractivity contribution < 1.29 is 4.74 Å². The first-order valence-electron chi connectivity index (χ1n) is 6.28. The third-order valence-corrected chi connectivity index (χ3v) is 4.03. The summed E-state index contributed by atoms with van der Waals surface area (Å²) in [5.74, 6) is 2.72. The van der Waals surface area contributed by atoms with E-state index in [4.69, 9.17) is 4.74 Å². The molecule has 1 aliphatic carbocycles. The van der Waals surface area contributed by atoms with Crippen LogP contribution in [0.2, 0.25) is 0 Å². The standard InChI is InChI=1S/C14H19NO/c1-15-9-12-2-4-13(12)10-3-5-14-11(8-10)6-7-16-14/h3,5,8,12-13,15H,2,4,6-7,9H2,1H3. The molecule has 0 saturated heterocycles. The molecule has 1 aromatic rings. The molecule has 3 rings (SSSR count). The first-order chi connectivity index (χ1) is 7.88. The monoisotopic (exact) mass is 217 g/mol. The molecule has 2 nitrogen and oxygen atoms in total. The van der Waals surface area contributed by atoms with Gasteiger partial charge in [0.15, 0.2) is 0 Å². The normalized spacial score (nSPS) is 27.1. The Morgan fingerprint density at radius 1 is 1.38 bits per heavy atom. The maximum atomic E-state index is 5.55. The van der Waals surface area contributed by atoms with E-state index >= 15 is 0 Å². The molecular formula is C14H19NO. The summed E-state index contributed by atoms with van der Waals surface area (Å²) in [6.07, 6.45) is 3.82. The van der Waals surface area contributed by atoms with Gasteiger partial charge in [-0.1, -0.05) is 12.1 Å². The van der Waals surface area contributed by atoms with Crippen LogP contribution in [0.5, 0.6) is 5.75 Å². The molecule has 0 bridgehead atoms. The molecule has 1 aromatic carbocycles. The van der Waals surface area contributed by atoms with Crippen molar-refractivity contribution in [3.8, 4) is 5.75 Å². The van der Waals surface area contributed by atoms with Crippen molar-refractivity contribution in [1.82, 2.24) is 5.32 Å². The van der Waals surface area contributed by atoms with Gasteiger partial charge in [-0.15, -0.1) is 0 Å². The van der Waals surface area contributed by atoms with Crippen LogP contribution in [0.3, 0.4) is 0 Å². The minimum Gasteiger partial charge on any atom is -0.493 e. The molecule has 2 unspecified atom stereocenters. The molecule has 0 aromatic heterocycles. The van der Waals surface area contributed by atoms with E-state index in [1.807, 2.05) is 7.05 Å². The molecule has 86 valence electrons. The van der Waals surface area contributed by atoms with Crippen molar-refractivity contribution in [3.63, 3.8) is 0 Å². The number of rotatable bonds is 3. The summed E-state index contributed by atoms with van der Waals surface area (Å²) in [6.45, 7) is 2.02. The van der Waals surface area contributed by atoms with Crippen LogP contribution in [0.25, 0.3) is 0 Å². The zero-order valence-corrected chi connectivity index (χ0v) is 9.83. The Hall–Kier alpha value is -1.02. The highest BCUT2D eigenvalue weighted by molar-refractivity contribution is 5.41. The van der Waals surface area contributed by atoms with Gasteiger partial charge in [-0.05, 0) is 55.5 Å². The Morgan fingerprint density at radius 3 is 3.06 bits per heavy atom. The quantitative estimate of drug-likeness (QED) is 0.839. The minimum absolute atomic E-state index is 0.776. The van der Waals surface area contributed by atoms with Gasteiger partial charge in [0.05, 0.1) is 6.61 Å². The van der Waals surface area contributed by atoms with E-state index in [0.29, 0.717) is 0 Å². The van der Waals surface area contributed by atoms with E-state index in [1.54, 1.807) is 0 Å². The van der Waals surface area contributed by atoms with Crippen molar-refractivity contribution in [2.75, 3.05) is 20.2 Å². The first kappa shape index (κ1) is 10.2. The number of hydrogen-bond donors (Lipinski definition) is 1. The third-order valence-electron chi connectivity index (χ3n) is 4.03. The summed E-state index contributed by atoms with van der Waals surface area (Å²) in [5, 5.41) is 3.30. The average Bonchev–Trinajstić information content (AvgIpc) is 2.71. The third kappa shape index (κ3) is 1.61. The summed E-state index contributed by atoms with van der Waals surface area (Å²) >= 11 is 0. The number of nitrogens with one attached hydrogen (secondary N) is 1. The lowest BCUT2D eigenvalue weighted by molar-refractivity contribution is 0.250. The highest BCUT2D eigenvalue weighted by Crippen LogP contribution is 2.43. The van der Waals surface area contributed by atoms with Gasteiger partial charge >= 0.3 is 0 Å². The van der Waals surface area contributed by atoms with Crippen LogP contribution in [0.1, 0.15) is 29.9 Å². The van der Waals surface area contributed by atoms with E-state index < -0.39 is 0 Å². The first-order valence-corrected chi connectivity index (χ1v) is 6.28. The highest BCUT2D eigenvalue weighted by Gasteiger charge is 2.31. The molecule has 2 atom stereocenters. The van der Waals surface area contributed by atoms with E-state index in [-0.39, 0.29) is 0 Å². The van der Waals surface area contributed by atoms with Gasteiger partial charge in [0.2, 0.25) is 0 Å². The predicted octanol–water partition coefficient (Wildman–Crippen LogP) is 2.33. The molecule has 1 aliphatic heterocycles. The fraction of sp³-hybridized carbons (Fsp3) is 0.571. The van der Waals surface area contributed by atoms with Gasteiger partial charge in [0, 0.05) is 6.42 Å². The second-order valence-corrected chi connectivity index (χ2v) is 4.97. The van der Waals surface area contributed by atoms with Crippen LogP contribution in [-0.4, -0.2) is 20.2 Å². The molecule has 2 aliphatic rings. The van der Waals surface area contributed by atoms with Crippen molar-refractivity contribution in [1.29, 1.82) is 0 Å². The van der Waals surface area contributed by atoms with E-state index in [2.05, 4.69) is 23.5 Å². The van der Waals surface area contributed by atoms with Crippen LogP contribution in [-0.2, 0) is 6.42 Å². The van der Waals surface area contributed by atoms with Gasteiger partial charge < -0.3 is 10.1 Å². The molecular weight excluding hydrogens is 198 g/mol. The molecule has 2 heteroatoms. The molecule has 0 radical (unpaired) electrons. The SMILES string of the molecule is CNCC1CCC1c1ccc2c(c1)CCO2. The molecule has 1 saturated carbocycles.